The van der Waals surface area contributed by atoms with Gasteiger partial charge >= 0.3 is 0 Å². The molecule has 0 spiro atoms. The number of fused-ring (bicyclic) bond motifs is 1. The van der Waals surface area contributed by atoms with Crippen LogP contribution in [-0.4, -0.2) is 29.7 Å². The molecule has 2 aromatic carbocycles. The maximum Gasteiger partial charge on any atom is 0.237 e. The fourth-order valence-corrected chi connectivity index (χ4v) is 3.66. The quantitative estimate of drug-likeness (QED) is 0.715. The van der Waals surface area contributed by atoms with Crippen LogP contribution in [0.2, 0.25) is 0 Å². The van der Waals surface area contributed by atoms with Crippen LogP contribution >= 0.6 is 12.2 Å². The first kappa shape index (κ1) is 15.9. The van der Waals surface area contributed by atoms with Gasteiger partial charge in [0.1, 0.15) is 0 Å². The van der Waals surface area contributed by atoms with Crippen LogP contribution in [0.15, 0.2) is 42.5 Å². The van der Waals surface area contributed by atoms with Gasteiger partial charge in [0, 0.05) is 5.92 Å². The minimum Gasteiger partial charge on any atom is -0.493 e. The molecule has 0 radical (unpaired) electrons. The van der Waals surface area contributed by atoms with Gasteiger partial charge in [0.25, 0.3) is 0 Å². The number of aromatic nitrogens is 2. The van der Waals surface area contributed by atoms with E-state index in [1.807, 2.05) is 42.5 Å². The third kappa shape index (κ3) is 2.62. The lowest BCUT2D eigenvalue weighted by molar-refractivity contribution is 0.0887. The Labute approximate surface area is 150 Å². The molecule has 1 heterocycles. The summed E-state index contributed by atoms with van der Waals surface area (Å²) in [6, 6.07) is 13.5. The Bertz CT molecular complexity index is 1020. The van der Waals surface area contributed by atoms with E-state index < -0.39 is 0 Å². The molecule has 1 N–H and O–H groups in total. The molecule has 0 aliphatic heterocycles. The number of carbonyl (C=O) groups excluding carboxylic acids is 1. The van der Waals surface area contributed by atoms with Crippen LogP contribution in [0.1, 0.15) is 22.7 Å². The first-order valence-corrected chi connectivity index (χ1v) is 8.50. The fraction of sp³-hybridized carbons (Fsp3) is 0.263. The molecule has 1 aromatic heterocycles. The molecule has 1 fully saturated rings. The Kier molecular flexibility index (Phi) is 3.84. The lowest BCUT2D eigenvalue weighted by Gasteiger charge is -2.09. The Morgan fingerprint density at radius 1 is 1.16 bits per heavy atom. The molecule has 1 aliphatic rings. The predicted molar refractivity (Wildman–Crippen MR) is 98.1 cm³/mol. The van der Waals surface area contributed by atoms with Gasteiger partial charge in [0.15, 0.2) is 16.3 Å². The number of nitrogens with one attached hydrogen (secondary N) is 1. The molecule has 3 aromatic rings. The van der Waals surface area contributed by atoms with Crippen LogP contribution in [-0.2, 0) is 0 Å². The lowest BCUT2D eigenvalue weighted by Crippen LogP contribution is -2.13. The molecule has 6 heteroatoms. The molecule has 2 unspecified atom stereocenters. The van der Waals surface area contributed by atoms with E-state index >= 15 is 0 Å². The standard InChI is InChI=1S/C19H18N2O3S/c1-23-16-8-7-11(9-17(16)24-2)12-10-13(12)18(22)21-15-6-4-3-5-14(15)20-19(21)25/h3-9,12-13H,10H2,1-2H3,(H,20,25). The second-order valence-electron chi connectivity index (χ2n) is 6.18. The number of H-pyrrole nitrogens is 1. The van der Waals surface area contributed by atoms with Crippen LogP contribution < -0.4 is 9.47 Å². The largest absolute Gasteiger partial charge is 0.493 e. The molecule has 0 amide bonds. The van der Waals surface area contributed by atoms with Crippen LogP contribution in [0, 0.1) is 10.7 Å². The van der Waals surface area contributed by atoms with Gasteiger partial charge < -0.3 is 14.5 Å². The van der Waals surface area contributed by atoms with Crippen LogP contribution in [0.5, 0.6) is 11.5 Å². The average molecular weight is 354 g/mol. The normalized spacial score (nSPS) is 19.0. The van der Waals surface area contributed by atoms with Gasteiger partial charge in [-0.25, -0.2) is 0 Å². The van der Waals surface area contributed by atoms with E-state index in [1.165, 1.54) is 0 Å². The molecular weight excluding hydrogens is 336 g/mol. The number of nitrogens with zero attached hydrogens (tertiary/aromatic N) is 1. The third-order valence-electron chi connectivity index (χ3n) is 4.75. The zero-order valence-electron chi connectivity index (χ0n) is 14.0. The van der Waals surface area contributed by atoms with Crippen molar-refractivity contribution >= 4 is 29.2 Å². The van der Waals surface area contributed by atoms with Gasteiger partial charge in [-0.1, -0.05) is 18.2 Å². The summed E-state index contributed by atoms with van der Waals surface area (Å²) in [6.07, 6.45) is 0.815. The summed E-state index contributed by atoms with van der Waals surface area (Å²) < 4.78 is 12.7. The number of hydrogen-bond donors (Lipinski definition) is 1. The minimum atomic E-state index is -0.0657. The average Bonchev–Trinajstić information content (AvgIpc) is 3.36. The van der Waals surface area contributed by atoms with Crippen molar-refractivity contribution in [2.45, 2.75) is 12.3 Å². The van der Waals surface area contributed by atoms with Crippen molar-refractivity contribution in [2.24, 2.45) is 5.92 Å². The van der Waals surface area contributed by atoms with Crippen molar-refractivity contribution in [1.82, 2.24) is 9.55 Å². The van der Waals surface area contributed by atoms with Crippen LogP contribution in [0.4, 0.5) is 0 Å². The molecular formula is C19H18N2O3S. The number of ether oxygens (including phenoxy) is 2. The SMILES string of the molecule is COc1ccc(C2CC2C(=O)n2c(=S)[nH]c3ccccc32)cc1OC. The Morgan fingerprint density at radius 3 is 2.68 bits per heavy atom. The molecule has 0 saturated heterocycles. The monoisotopic (exact) mass is 354 g/mol. The van der Waals surface area contributed by atoms with Crippen molar-refractivity contribution < 1.29 is 14.3 Å². The summed E-state index contributed by atoms with van der Waals surface area (Å²) in [5.41, 5.74) is 2.79. The number of hydrogen-bond acceptors (Lipinski definition) is 4. The molecule has 25 heavy (non-hydrogen) atoms. The second kappa shape index (κ2) is 6.04. The molecule has 1 saturated carbocycles. The van der Waals surface area contributed by atoms with E-state index in [4.69, 9.17) is 21.7 Å². The molecule has 1 aliphatic carbocycles. The number of benzene rings is 2. The van der Waals surface area contributed by atoms with E-state index in [9.17, 15) is 4.79 Å². The van der Waals surface area contributed by atoms with Gasteiger partial charge in [-0.15, -0.1) is 0 Å². The van der Waals surface area contributed by atoms with Crippen LogP contribution in [0.3, 0.4) is 0 Å². The summed E-state index contributed by atoms with van der Waals surface area (Å²) in [6.45, 7) is 0. The van der Waals surface area contributed by atoms with Gasteiger partial charge in [0.05, 0.1) is 25.3 Å². The molecule has 0 bridgehead atoms. The molecule has 4 rings (SSSR count). The summed E-state index contributed by atoms with van der Waals surface area (Å²) in [5, 5.41) is 0. The van der Waals surface area contributed by atoms with Gasteiger partial charge in [-0.3, -0.25) is 9.36 Å². The maximum atomic E-state index is 13.0. The Balaban J connectivity index is 1.64. The Hall–Kier alpha value is -2.60. The number of aromatic amines is 1. The van der Waals surface area contributed by atoms with E-state index in [2.05, 4.69) is 4.98 Å². The van der Waals surface area contributed by atoms with Gasteiger partial charge in [-0.05, 0) is 54.4 Å². The third-order valence-corrected chi connectivity index (χ3v) is 5.04. The highest BCUT2D eigenvalue weighted by molar-refractivity contribution is 7.71. The predicted octanol–water partition coefficient (Wildman–Crippen LogP) is 4.16. The van der Waals surface area contributed by atoms with E-state index in [0.717, 1.165) is 23.0 Å². The zero-order chi connectivity index (χ0) is 17.6. The number of para-hydroxylation sites is 2. The fourth-order valence-electron chi connectivity index (χ4n) is 3.36. The molecule has 5 nitrogen and oxygen atoms in total. The first-order valence-electron chi connectivity index (χ1n) is 8.10. The van der Waals surface area contributed by atoms with E-state index in [1.54, 1.807) is 18.8 Å². The maximum absolute atomic E-state index is 13.0. The van der Waals surface area contributed by atoms with Crippen molar-refractivity contribution in [3.63, 3.8) is 0 Å². The second-order valence-corrected chi connectivity index (χ2v) is 6.57. The summed E-state index contributed by atoms with van der Waals surface area (Å²) >= 11 is 5.35. The highest BCUT2D eigenvalue weighted by Gasteiger charge is 2.45. The van der Waals surface area contributed by atoms with Crippen molar-refractivity contribution in [2.75, 3.05) is 14.2 Å². The number of imidazole rings is 1. The van der Waals surface area contributed by atoms with E-state index in [0.29, 0.717) is 16.3 Å². The number of rotatable bonds is 4. The van der Waals surface area contributed by atoms with Crippen LogP contribution in [0.25, 0.3) is 11.0 Å². The number of carbonyl (C=O) groups is 1. The van der Waals surface area contributed by atoms with Crippen molar-refractivity contribution in [1.29, 1.82) is 0 Å². The highest BCUT2D eigenvalue weighted by Crippen LogP contribution is 2.50. The Morgan fingerprint density at radius 2 is 1.92 bits per heavy atom. The molecule has 128 valence electrons. The van der Waals surface area contributed by atoms with Gasteiger partial charge in [-0.2, -0.15) is 0 Å². The van der Waals surface area contributed by atoms with Crippen molar-refractivity contribution in [3.8, 4) is 11.5 Å². The summed E-state index contributed by atoms with van der Waals surface area (Å²) in [4.78, 5) is 16.1. The summed E-state index contributed by atoms with van der Waals surface area (Å²) in [5.74, 6) is 1.53. The highest BCUT2D eigenvalue weighted by atomic mass is 32.1. The van der Waals surface area contributed by atoms with Gasteiger partial charge in [0.2, 0.25) is 5.91 Å². The smallest absolute Gasteiger partial charge is 0.237 e. The minimum absolute atomic E-state index is 0.0437. The number of methoxy groups -OCH3 is 2. The van der Waals surface area contributed by atoms with E-state index in [-0.39, 0.29) is 17.7 Å². The first-order chi connectivity index (χ1) is 12.1. The summed E-state index contributed by atoms with van der Waals surface area (Å²) in [7, 11) is 3.22. The molecule has 2 atom stereocenters. The topological polar surface area (TPSA) is 56.2 Å². The lowest BCUT2D eigenvalue weighted by atomic mass is 10.1. The zero-order valence-corrected chi connectivity index (χ0v) is 14.8. The van der Waals surface area contributed by atoms with Crippen molar-refractivity contribution in [3.05, 3.63) is 52.8 Å².